The predicted octanol–water partition coefficient (Wildman–Crippen LogP) is 12.2. The number of aliphatic carboxylic acids is 1. The number of carboxylic acids is 1. The van der Waals surface area contributed by atoms with E-state index in [1.54, 1.807) is 0 Å². The lowest BCUT2D eigenvalue weighted by Gasteiger charge is -2.20. The van der Waals surface area contributed by atoms with Gasteiger partial charge in [-0.15, -0.1) is 0 Å². The molecule has 3 atom stereocenters. The highest BCUT2D eigenvalue weighted by Crippen LogP contribution is 2.43. The number of allylic oxidation sites excluding steroid dienone is 8. The summed E-state index contributed by atoms with van der Waals surface area (Å²) >= 11 is 0. The van der Waals surface area contributed by atoms with Crippen molar-refractivity contribution in [2.45, 2.75) is 206 Å². The second-order valence-electron chi connectivity index (χ2n) is 15.2. The first-order chi connectivity index (χ1) is 28.1. The quantitative estimate of drug-likeness (QED) is 0.0231. The number of esters is 2. The molecule has 0 aromatic rings. The van der Waals surface area contributed by atoms with Gasteiger partial charge >= 0.3 is 25.7 Å². The van der Waals surface area contributed by atoms with E-state index >= 15 is 0 Å². The van der Waals surface area contributed by atoms with E-state index in [0.29, 0.717) is 12.8 Å². The fourth-order valence-electron chi connectivity index (χ4n) is 5.95. The van der Waals surface area contributed by atoms with Crippen LogP contribution in [0.1, 0.15) is 194 Å². The maximum atomic E-state index is 12.6. The zero-order valence-electron chi connectivity index (χ0n) is 36.4. The van der Waals surface area contributed by atoms with Crippen LogP contribution in [-0.2, 0) is 37.5 Å². The monoisotopic (exact) mass is 840 g/mol. The molecule has 11 nitrogen and oxygen atoms in total. The number of nitrogens with two attached hydrogens (primary N) is 1. The lowest BCUT2D eigenvalue weighted by molar-refractivity contribution is -0.161. The van der Waals surface area contributed by atoms with Crippen LogP contribution in [0, 0.1) is 0 Å². The lowest BCUT2D eigenvalue weighted by atomic mass is 10.1. The van der Waals surface area contributed by atoms with E-state index in [0.717, 1.165) is 77.0 Å². The SMILES string of the molecule is CCCCC/C=C\C/C=C\CCCCCCCCCCCC(=O)OC(COC(=O)CCCCCCC/C=C\C/C=C\CCCCC)COP(=O)(O)OCC(N)C(=O)O. The Balaban J connectivity index is 4.36. The summed E-state index contributed by atoms with van der Waals surface area (Å²) in [5.74, 6) is -2.40. The van der Waals surface area contributed by atoms with Gasteiger partial charge < -0.3 is 25.2 Å². The lowest BCUT2D eigenvalue weighted by Crippen LogP contribution is -2.34. The minimum Gasteiger partial charge on any atom is -0.480 e. The van der Waals surface area contributed by atoms with Gasteiger partial charge in [0.1, 0.15) is 12.6 Å². The molecular weight excluding hydrogens is 757 g/mol. The molecule has 12 heteroatoms. The molecule has 0 radical (unpaired) electrons. The number of unbranched alkanes of at least 4 members (excludes halogenated alkanes) is 20. The van der Waals surface area contributed by atoms with Crippen LogP contribution in [0.15, 0.2) is 48.6 Å². The maximum Gasteiger partial charge on any atom is 0.472 e. The zero-order valence-corrected chi connectivity index (χ0v) is 37.3. The van der Waals surface area contributed by atoms with Crippen LogP contribution in [0.4, 0.5) is 0 Å². The molecule has 58 heavy (non-hydrogen) atoms. The standard InChI is InChI=1S/C46H82NO10P/c1-3-5-7-9-11-13-15-17-19-20-21-22-24-26-28-30-32-34-36-38-45(49)57-42(40-55-58(52,53)56-41-43(47)46(50)51)39-54-44(48)37-35-33-31-29-27-25-23-18-16-14-12-10-8-6-4-2/h11-14,17-19,23,42-43H,3-10,15-16,20-22,24-41,47H2,1-2H3,(H,50,51)(H,52,53)/b13-11-,14-12-,19-17-,23-18-. The van der Waals surface area contributed by atoms with Gasteiger partial charge in [-0.3, -0.25) is 23.4 Å². The third-order valence-electron chi connectivity index (χ3n) is 9.55. The first-order valence-electron chi connectivity index (χ1n) is 22.7. The van der Waals surface area contributed by atoms with E-state index in [2.05, 4.69) is 67.0 Å². The molecule has 0 bridgehead atoms. The Morgan fingerprint density at radius 1 is 0.534 bits per heavy atom. The Kier molecular flexibility index (Phi) is 39.4. The molecule has 0 aliphatic heterocycles. The van der Waals surface area contributed by atoms with Crippen molar-refractivity contribution in [1.82, 2.24) is 0 Å². The molecule has 0 saturated heterocycles. The van der Waals surface area contributed by atoms with Crippen molar-refractivity contribution in [1.29, 1.82) is 0 Å². The maximum absolute atomic E-state index is 12.6. The Hall–Kier alpha value is -2.56. The highest BCUT2D eigenvalue weighted by Gasteiger charge is 2.28. The molecule has 0 aromatic carbocycles. The Labute approximate surface area is 352 Å². The van der Waals surface area contributed by atoms with Crippen LogP contribution in [0.2, 0.25) is 0 Å². The van der Waals surface area contributed by atoms with Gasteiger partial charge in [-0.2, -0.15) is 0 Å². The van der Waals surface area contributed by atoms with Crippen molar-refractivity contribution < 1.29 is 47.5 Å². The number of hydrogen-bond donors (Lipinski definition) is 3. The van der Waals surface area contributed by atoms with E-state index in [-0.39, 0.29) is 19.4 Å². The Morgan fingerprint density at radius 2 is 0.914 bits per heavy atom. The van der Waals surface area contributed by atoms with E-state index in [4.69, 9.17) is 24.8 Å². The fourth-order valence-corrected chi connectivity index (χ4v) is 6.73. The second kappa shape index (κ2) is 41.2. The number of carboxylic acid groups (broad SMARTS) is 1. The first-order valence-corrected chi connectivity index (χ1v) is 24.2. The van der Waals surface area contributed by atoms with Gasteiger partial charge in [-0.05, 0) is 77.0 Å². The number of hydrogen-bond acceptors (Lipinski definition) is 9. The molecular formula is C46H82NO10P. The molecule has 0 spiro atoms. The van der Waals surface area contributed by atoms with Crippen molar-refractivity contribution >= 4 is 25.7 Å². The summed E-state index contributed by atoms with van der Waals surface area (Å²) in [7, 11) is -4.72. The van der Waals surface area contributed by atoms with Gasteiger partial charge in [0.15, 0.2) is 6.10 Å². The number of rotatable bonds is 42. The number of ether oxygens (including phenoxy) is 2. The van der Waals surface area contributed by atoms with E-state index in [1.807, 2.05) is 0 Å². The molecule has 0 amide bonds. The summed E-state index contributed by atoms with van der Waals surface area (Å²) in [5.41, 5.74) is 5.34. The van der Waals surface area contributed by atoms with Crippen molar-refractivity contribution in [3.63, 3.8) is 0 Å². The number of phosphoric acid groups is 1. The molecule has 0 fully saturated rings. The largest absolute Gasteiger partial charge is 0.480 e. The van der Waals surface area contributed by atoms with Gasteiger partial charge in [-0.25, -0.2) is 4.57 Å². The van der Waals surface area contributed by atoms with Crippen LogP contribution >= 0.6 is 7.82 Å². The molecule has 0 heterocycles. The summed E-state index contributed by atoms with van der Waals surface area (Å²) in [6.45, 7) is 2.74. The van der Waals surface area contributed by atoms with Gasteiger partial charge in [-0.1, -0.05) is 152 Å². The molecule has 0 aliphatic rings. The molecule has 336 valence electrons. The van der Waals surface area contributed by atoms with Crippen LogP contribution in [0.5, 0.6) is 0 Å². The second-order valence-corrected chi connectivity index (χ2v) is 16.6. The zero-order chi connectivity index (χ0) is 42.8. The third kappa shape index (κ3) is 40.2. The molecule has 0 aromatic heterocycles. The Morgan fingerprint density at radius 3 is 1.34 bits per heavy atom. The van der Waals surface area contributed by atoms with Gasteiger partial charge in [0, 0.05) is 12.8 Å². The average Bonchev–Trinajstić information content (AvgIpc) is 3.20. The number of carbonyl (C=O) groups excluding carboxylic acids is 2. The summed E-state index contributed by atoms with van der Waals surface area (Å²) < 4.78 is 32.7. The van der Waals surface area contributed by atoms with Crippen LogP contribution < -0.4 is 5.73 Å². The van der Waals surface area contributed by atoms with Crippen LogP contribution in [0.3, 0.4) is 0 Å². The van der Waals surface area contributed by atoms with Crippen molar-refractivity contribution in [2.75, 3.05) is 19.8 Å². The summed E-state index contributed by atoms with van der Waals surface area (Å²) in [5, 5.41) is 8.89. The minimum atomic E-state index is -4.72. The minimum absolute atomic E-state index is 0.152. The summed E-state index contributed by atoms with van der Waals surface area (Å²) in [4.78, 5) is 46.0. The van der Waals surface area contributed by atoms with Crippen molar-refractivity contribution in [3.05, 3.63) is 48.6 Å². The third-order valence-corrected chi connectivity index (χ3v) is 10.5. The molecule has 0 rings (SSSR count). The topological polar surface area (TPSA) is 172 Å². The van der Waals surface area contributed by atoms with Gasteiger partial charge in [0.05, 0.1) is 13.2 Å². The van der Waals surface area contributed by atoms with Crippen LogP contribution in [0.25, 0.3) is 0 Å². The molecule has 4 N–H and O–H groups in total. The number of carbonyl (C=O) groups is 3. The predicted molar refractivity (Wildman–Crippen MR) is 235 cm³/mol. The van der Waals surface area contributed by atoms with Crippen molar-refractivity contribution in [3.8, 4) is 0 Å². The normalized spacial score (nSPS) is 14.1. The van der Waals surface area contributed by atoms with E-state index in [9.17, 15) is 23.8 Å². The van der Waals surface area contributed by atoms with Gasteiger partial charge in [0.25, 0.3) is 0 Å². The fraction of sp³-hybridized carbons (Fsp3) is 0.761. The summed E-state index contributed by atoms with van der Waals surface area (Å²) in [6, 6.07) is -1.53. The molecule has 3 unspecified atom stereocenters. The smallest absolute Gasteiger partial charge is 0.472 e. The van der Waals surface area contributed by atoms with E-state index < -0.39 is 51.1 Å². The van der Waals surface area contributed by atoms with Crippen LogP contribution in [-0.4, -0.2) is 59.9 Å². The molecule has 0 aliphatic carbocycles. The summed E-state index contributed by atoms with van der Waals surface area (Å²) in [6.07, 6.45) is 45.9. The molecule has 0 saturated carbocycles. The highest BCUT2D eigenvalue weighted by molar-refractivity contribution is 7.47. The van der Waals surface area contributed by atoms with E-state index in [1.165, 1.54) is 77.0 Å². The first kappa shape index (κ1) is 55.4. The highest BCUT2D eigenvalue weighted by atomic mass is 31.2. The van der Waals surface area contributed by atoms with Crippen molar-refractivity contribution in [2.24, 2.45) is 5.73 Å². The Bertz CT molecular complexity index is 1170. The number of phosphoric ester groups is 1. The average molecular weight is 840 g/mol. The van der Waals surface area contributed by atoms with Gasteiger partial charge in [0.2, 0.25) is 0 Å².